The van der Waals surface area contributed by atoms with Crippen LogP contribution in [-0.2, 0) is 9.53 Å². The molecule has 1 amide bonds. The molecule has 8 heteroatoms. The number of amides is 1. The highest BCUT2D eigenvalue weighted by molar-refractivity contribution is 5.96. The van der Waals surface area contributed by atoms with Crippen molar-refractivity contribution in [2.75, 3.05) is 61.6 Å². The maximum Gasteiger partial charge on any atom is 0.243 e. The van der Waals surface area contributed by atoms with E-state index >= 15 is 0 Å². The first kappa shape index (κ1) is 23.4. The Hall–Kier alpha value is -3.26. The fourth-order valence-corrected chi connectivity index (χ4v) is 3.44. The number of carbonyl (C=O) groups excluding carboxylic acids is 2. The zero-order valence-corrected chi connectivity index (χ0v) is 18.9. The molecule has 0 unspecified atom stereocenters. The summed E-state index contributed by atoms with van der Waals surface area (Å²) in [5, 5.41) is 5.99. The lowest BCUT2D eigenvalue weighted by atomic mass is 10.1. The molecule has 0 atom stereocenters. The third kappa shape index (κ3) is 6.13. The highest BCUT2D eigenvalue weighted by atomic mass is 16.5. The molecule has 0 aliphatic carbocycles. The minimum absolute atomic E-state index is 0.00313. The van der Waals surface area contributed by atoms with Gasteiger partial charge in [0.15, 0.2) is 5.78 Å². The number of hydrogen-bond donors (Lipinski definition) is 2. The van der Waals surface area contributed by atoms with E-state index in [0.717, 1.165) is 24.5 Å². The van der Waals surface area contributed by atoms with Crippen LogP contribution in [0.4, 0.5) is 17.1 Å². The van der Waals surface area contributed by atoms with Gasteiger partial charge in [0, 0.05) is 36.5 Å². The number of ether oxygens (including phenoxy) is 3. The van der Waals surface area contributed by atoms with Crippen LogP contribution in [0.3, 0.4) is 0 Å². The Labute approximate surface area is 188 Å². The zero-order chi connectivity index (χ0) is 22.9. The lowest BCUT2D eigenvalue weighted by Gasteiger charge is -2.31. The first-order chi connectivity index (χ1) is 15.5. The van der Waals surface area contributed by atoms with Crippen molar-refractivity contribution in [1.29, 1.82) is 0 Å². The molecule has 0 bridgehead atoms. The quantitative estimate of drug-likeness (QED) is 0.545. The van der Waals surface area contributed by atoms with Crippen molar-refractivity contribution in [2.45, 2.75) is 20.8 Å². The van der Waals surface area contributed by atoms with Gasteiger partial charge in [-0.3, -0.25) is 9.59 Å². The van der Waals surface area contributed by atoms with Crippen molar-refractivity contribution in [3.05, 3.63) is 42.0 Å². The van der Waals surface area contributed by atoms with E-state index in [0.29, 0.717) is 49.2 Å². The normalized spacial score (nSPS) is 13.4. The number of anilines is 3. The van der Waals surface area contributed by atoms with Gasteiger partial charge in [-0.05, 0) is 45.0 Å². The summed E-state index contributed by atoms with van der Waals surface area (Å²) in [6.07, 6.45) is 0. The fourth-order valence-electron chi connectivity index (χ4n) is 3.44. The van der Waals surface area contributed by atoms with E-state index in [1.807, 2.05) is 26.0 Å². The monoisotopic (exact) mass is 441 g/mol. The number of Topliss-reactive ketones (excluding diaryl/α,β-unsaturated/α-hetero) is 1. The summed E-state index contributed by atoms with van der Waals surface area (Å²) in [7, 11) is 0. The molecule has 1 saturated heterocycles. The van der Waals surface area contributed by atoms with Crippen LogP contribution in [0.25, 0.3) is 0 Å². The van der Waals surface area contributed by atoms with Crippen LogP contribution < -0.4 is 25.0 Å². The minimum atomic E-state index is -0.219. The molecule has 0 radical (unpaired) electrons. The van der Waals surface area contributed by atoms with E-state index in [1.165, 1.54) is 6.92 Å². The molecule has 172 valence electrons. The lowest BCUT2D eigenvalue weighted by Crippen LogP contribution is -2.36. The second-order valence-corrected chi connectivity index (χ2v) is 7.32. The van der Waals surface area contributed by atoms with E-state index in [-0.39, 0.29) is 18.2 Å². The second-order valence-electron chi connectivity index (χ2n) is 7.32. The number of nitrogens with zero attached hydrogens (tertiary/aromatic N) is 1. The summed E-state index contributed by atoms with van der Waals surface area (Å²) in [6, 6.07) is 10.8. The van der Waals surface area contributed by atoms with Crippen LogP contribution in [0.2, 0.25) is 0 Å². The smallest absolute Gasteiger partial charge is 0.243 e. The molecule has 1 fully saturated rings. The van der Waals surface area contributed by atoms with Gasteiger partial charge in [0.2, 0.25) is 5.91 Å². The summed E-state index contributed by atoms with van der Waals surface area (Å²) < 4.78 is 17.2. The van der Waals surface area contributed by atoms with Crippen molar-refractivity contribution >= 4 is 28.8 Å². The lowest BCUT2D eigenvalue weighted by molar-refractivity contribution is -0.114. The van der Waals surface area contributed by atoms with Crippen molar-refractivity contribution in [2.24, 2.45) is 0 Å². The Morgan fingerprint density at radius 1 is 1.00 bits per heavy atom. The van der Waals surface area contributed by atoms with Gasteiger partial charge in [-0.2, -0.15) is 0 Å². The maximum absolute atomic E-state index is 12.6. The molecular weight excluding hydrogens is 410 g/mol. The van der Waals surface area contributed by atoms with Crippen LogP contribution in [-0.4, -0.2) is 57.8 Å². The molecule has 0 spiro atoms. The molecule has 3 rings (SSSR count). The Morgan fingerprint density at radius 2 is 1.66 bits per heavy atom. The summed E-state index contributed by atoms with van der Waals surface area (Å²) >= 11 is 0. The molecule has 2 N–H and O–H groups in total. The maximum atomic E-state index is 12.6. The minimum Gasteiger partial charge on any atom is -0.492 e. The van der Waals surface area contributed by atoms with Gasteiger partial charge in [0.1, 0.15) is 11.5 Å². The van der Waals surface area contributed by atoms with Crippen molar-refractivity contribution in [3.8, 4) is 11.5 Å². The first-order valence-electron chi connectivity index (χ1n) is 10.9. The summed E-state index contributed by atoms with van der Waals surface area (Å²) in [6.45, 7) is 9.26. The molecule has 2 aromatic carbocycles. The van der Waals surface area contributed by atoms with E-state index in [1.54, 1.807) is 24.3 Å². The SMILES string of the molecule is CCOc1cc(N2CCOCC2)c(OCC)cc1NC(=O)CNc1ccc(C(C)=O)cc1. The van der Waals surface area contributed by atoms with E-state index in [9.17, 15) is 9.59 Å². The molecular formula is C24H31N3O5. The van der Waals surface area contributed by atoms with Crippen molar-refractivity contribution in [1.82, 2.24) is 0 Å². The Morgan fingerprint density at radius 3 is 2.28 bits per heavy atom. The van der Waals surface area contributed by atoms with Gasteiger partial charge in [0.05, 0.1) is 44.3 Å². The van der Waals surface area contributed by atoms with Gasteiger partial charge in [-0.25, -0.2) is 0 Å². The third-order valence-corrected chi connectivity index (χ3v) is 5.03. The number of rotatable bonds is 10. The summed E-state index contributed by atoms with van der Waals surface area (Å²) in [5.41, 5.74) is 2.88. The van der Waals surface area contributed by atoms with Crippen molar-refractivity contribution < 1.29 is 23.8 Å². The van der Waals surface area contributed by atoms with Gasteiger partial charge in [-0.1, -0.05) is 0 Å². The highest BCUT2D eigenvalue weighted by Gasteiger charge is 2.20. The predicted molar refractivity (Wildman–Crippen MR) is 125 cm³/mol. The Balaban J connectivity index is 1.73. The molecule has 1 heterocycles. The van der Waals surface area contributed by atoms with Gasteiger partial charge in [0.25, 0.3) is 0 Å². The van der Waals surface area contributed by atoms with E-state index < -0.39 is 0 Å². The second kappa shape index (κ2) is 11.4. The third-order valence-electron chi connectivity index (χ3n) is 5.03. The Kier molecular flexibility index (Phi) is 8.33. The van der Waals surface area contributed by atoms with Crippen LogP contribution in [0, 0.1) is 0 Å². The van der Waals surface area contributed by atoms with Crippen LogP contribution >= 0.6 is 0 Å². The number of hydrogen-bond acceptors (Lipinski definition) is 7. The number of benzene rings is 2. The Bertz CT molecular complexity index is 924. The number of morpholine rings is 1. The van der Waals surface area contributed by atoms with Gasteiger partial charge in [-0.15, -0.1) is 0 Å². The average Bonchev–Trinajstić information content (AvgIpc) is 2.80. The van der Waals surface area contributed by atoms with Crippen LogP contribution in [0.1, 0.15) is 31.1 Å². The number of nitrogens with one attached hydrogen (secondary N) is 2. The molecule has 1 aliphatic rings. The molecule has 2 aromatic rings. The standard InChI is InChI=1S/C24H31N3O5/c1-4-31-22-15-21(27-10-12-30-13-11-27)23(32-5-2)14-20(22)26-24(29)16-25-19-8-6-18(7-9-19)17(3)28/h6-9,14-15,25H,4-5,10-13,16H2,1-3H3,(H,26,29). The molecule has 1 aliphatic heterocycles. The first-order valence-corrected chi connectivity index (χ1v) is 10.9. The van der Waals surface area contributed by atoms with Crippen LogP contribution in [0.15, 0.2) is 36.4 Å². The molecule has 8 nitrogen and oxygen atoms in total. The highest BCUT2D eigenvalue weighted by Crippen LogP contribution is 2.39. The molecule has 0 saturated carbocycles. The predicted octanol–water partition coefficient (Wildman–Crippen LogP) is 3.57. The summed E-state index contributed by atoms with van der Waals surface area (Å²) in [5.74, 6) is 1.07. The van der Waals surface area contributed by atoms with Crippen molar-refractivity contribution in [3.63, 3.8) is 0 Å². The largest absolute Gasteiger partial charge is 0.492 e. The number of carbonyl (C=O) groups is 2. The average molecular weight is 442 g/mol. The molecule has 32 heavy (non-hydrogen) atoms. The topological polar surface area (TPSA) is 89.1 Å². The fraction of sp³-hybridized carbons (Fsp3) is 0.417. The van der Waals surface area contributed by atoms with E-state index in [4.69, 9.17) is 14.2 Å². The molecule has 0 aromatic heterocycles. The van der Waals surface area contributed by atoms with Gasteiger partial charge < -0.3 is 29.7 Å². The van der Waals surface area contributed by atoms with Gasteiger partial charge >= 0.3 is 0 Å². The zero-order valence-electron chi connectivity index (χ0n) is 18.9. The number of ketones is 1. The van der Waals surface area contributed by atoms with E-state index in [2.05, 4.69) is 15.5 Å². The summed E-state index contributed by atoms with van der Waals surface area (Å²) in [4.78, 5) is 26.2. The van der Waals surface area contributed by atoms with Crippen LogP contribution in [0.5, 0.6) is 11.5 Å².